The second kappa shape index (κ2) is 9.41. The van der Waals surface area contributed by atoms with Crippen LogP contribution >= 0.6 is 24.0 Å². The highest BCUT2D eigenvalue weighted by atomic mass is 127. The number of benzene rings is 1. The number of fused-ring (bicyclic) bond motifs is 1. The maximum Gasteiger partial charge on any atom is 0.194 e. The van der Waals surface area contributed by atoms with Crippen molar-refractivity contribution in [2.24, 2.45) is 16.3 Å². The number of hydrogen-bond donors (Lipinski definition) is 1. The standard InChI is InChI=1S/C20H30FN3O2.HI/c1-5-22-19(23-17-16-10-12-26-18(16)20(17,2)3)24(4)11-13-25-15-8-6-14(21)7-9-15;/h6-9,16-18H,5,10-13H2,1-4H3,(H,22,23);1H. The lowest BCUT2D eigenvalue weighted by atomic mass is 9.57. The van der Waals surface area contributed by atoms with Crippen molar-refractivity contribution in [3.63, 3.8) is 0 Å². The molecule has 7 heteroatoms. The summed E-state index contributed by atoms with van der Waals surface area (Å²) in [4.78, 5) is 6.74. The lowest BCUT2D eigenvalue weighted by molar-refractivity contribution is -0.107. The van der Waals surface area contributed by atoms with Gasteiger partial charge in [-0.25, -0.2) is 4.39 Å². The normalized spacial score (nSPS) is 25.8. The molecule has 0 amide bonds. The van der Waals surface area contributed by atoms with Gasteiger partial charge in [-0.3, -0.25) is 4.99 Å². The number of likely N-dealkylation sites (N-methyl/N-ethyl adjacent to an activating group) is 1. The first-order valence-corrected chi connectivity index (χ1v) is 9.45. The summed E-state index contributed by atoms with van der Waals surface area (Å²) in [7, 11) is 2.02. The molecule has 1 saturated carbocycles. The number of aliphatic imine (C=N–C) groups is 1. The van der Waals surface area contributed by atoms with Crippen LogP contribution in [0.15, 0.2) is 29.3 Å². The first kappa shape index (κ1) is 22.2. The van der Waals surface area contributed by atoms with E-state index in [9.17, 15) is 4.39 Å². The quantitative estimate of drug-likeness (QED) is 0.376. The smallest absolute Gasteiger partial charge is 0.194 e. The van der Waals surface area contributed by atoms with Crippen molar-refractivity contribution >= 4 is 29.9 Å². The van der Waals surface area contributed by atoms with E-state index in [2.05, 4.69) is 29.1 Å². The third kappa shape index (κ3) is 4.85. The summed E-state index contributed by atoms with van der Waals surface area (Å²) < 4.78 is 24.5. The van der Waals surface area contributed by atoms with E-state index in [-0.39, 0.29) is 35.2 Å². The third-order valence-corrected chi connectivity index (χ3v) is 5.56. The largest absolute Gasteiger partial charge is 0.492 e. The molecule has 0 radical (unpaired) electrons. The number of nitrogens with zero attached hydrogens (tertiary/aromatic N) is 2. The van der Waals surface area contributed by atoms with Crippen molar-refractivity contribution in [2.45, 2.75) is 39.3 Å². The minimum atomic E-state index is -0.256. The van der Waals surface area contributed by atoms with Gasteiger partial charge in [0.25, 0.3) is 0 Å². The van der Waals surface area contributed by atoms with Gasteiger partial charge >= 0.3 is 0 Å². The van der Waals surface area contributed by atoms with Crippen molar-refractivity contribution in [1.82, 2.24) is 10.2 Å². The van der Waals surface area contributed by atoms with Crippen molar-refractivity contribution in [3.05, 3.63) is 30.1 Å². The molecular formula is C20H31FIN3O2. The molecule has 1 aromatic carbocycles. The van der Waals surface area contributed by atoms with Crippen LogP contribution in [-0.2, 0) is 4.74 Å². The zero-order valence-corrected chi connectivity index (χ0v) is 18.9. The molecule has 0 bridgehead atoms. The molecule has 1 saturated heterocycles. The van der Waals surface area contributed by atoms with E-state index in [1.54, 1.807) is 12.1 Å². The van der Waals surface area contributed by atoms with Crippen LogP contribution in [0.1, 0.15) is 27.2 Å². The molecule has 1 aliphatic heterocycles. The molecule has 2 aliphatic rings. The van der Waals surface area contributed by atoms with Gasteiger partial charge in [-0.15, -0.1) is 24.0 Å². The summed E-state index contributed by atoms with van der Waals surface area (Å²) in [6.07, 6.45) is 1.47. The predicted molar refractivity (Wildman–Crippen MR) is 116 cm³/mol. The minimum Gasteiger partial charge on any atom is -0.492 e. The molecule has 152 valence electrons. The lowest BCUT2D eigenvalue weighted by Crippen LogP contribution is -2.68. The Labute approximate surface area is 178 Å². The van der Waals surface area contributed by atoms with Gasteiger partial charge in [0, 0.05) is 37.6 Å². The van der Waals surface area contributed by atoms with Crippen molar-refractivity contribution in [2.75, 3.05) is 33.4 Å². The third-order valence-electron chi connectivity index (χ3n) is 5.56. The minimum absolute atomic E-state index is 0. The number of hydrogen-bond acceptors (Lipinski definition) is 3. The molecule has 1 aromatic rings. The highest BCUT2D eigenvalue weighted by Gasteiger charge is 2.59. The number of ether oxygens (including phenoxy) is 2. The lowest BCUT2D eigenvalue weighted by Gasteiger charge is -2.55. The number of nitrogens with one attached hydrogen (secondary N) is 1. The van der Waals surface area contributed by atoms with Crippen LogP contribution in [-0.4, -0.2) is 56.4 Å². The van der Waals surface area contributed by atoms with Crippen LogP contribution in [0.25, 0.3) is 0 Å². The SMILES string of the molecule is CCN=C(NC1C2CCOC2C1(C)C)N(C)CCOc1ccc(F)cc1.I. The Kier molecular flexibility index (Phi) is 7.73. The molecule has 1 N–H and O–H groups in total. The number of guanidine groups is 1. The highest BCUT2D eigenvalue weighted by Crippen LogP contribution is 2.52. The van der Waals surface area contributed by atoms with Crippen LogP contribution in [0.4, 0.5) is 4.39 Å². The maximum absolute atomic E-state index is 12.9. The van der Waals surface area contributed by atoms with Crippen molar-refractivity contribution < 1.29 is 13.9 Å². The van der Waals surface area contributed by atoms with Gasteiger partial charge in [0.05, 0.1) is 12.6 Å². The first-order valence-electron chi connectivity index (χ1n) is 9.45. The molecule has 5 nitrogen and oxygen atoms in total. The molecule has 1 heterocycles. The Morgan fingerprint density at radius 2 is 2.07 bits per heavy atom. The molecule has 0 aromatic heterocycles. The van der Waals surface area contributed by atoms with Crippen LogP contribution in [0, 0.1) is 17.2 Å². The summed E-state index contributed by atoms with van der Waals surface area (Å²) in [5.74, 6) is 1.88. The van der Waals surface area contributed by atoms with Crippen molar-refractivity contribution in [3.8, 4) is 5.75 Å². The van der Waals surface area contributed by atoms with E-state index in [1.807, 2.05) is 14.0 Å². The monoisotopic (exact) mass is 491 g/mol. The summed E-state index contributed by atoms with van der Waals surface area (Å²) in [5.41, 5.74) is 0.112. The molecule has 3 rings (SSSR count). The Bertz CT molecular complexity index is 639. The van der Waals surface area contributed by atoms with Gasteiger partial charge in [0.1, 0.15) is 18.2 Å². The second-order valence-electron chi connectivity index (χ2n) is 7.71. The Morgan fingerprint density at radius 3 is 2.74 bits per heavy atom. The van der Waals surface area contributed by atoms with Crippen LogP contribution < -0.4 is 10.1 Å². The van der Waals surface area contributed by atoms with E-state index in [0.717, 1.165) is 25.5 Å². The summed E-state index contributed by atoms with van der Waals surface area (Å²) >= 11 is 0. The Morgan fingerprint density at radius 1 is 1.37 bits per heavy atom. The molecule has 0 spiro atoms. The number of halogens is 2. The molecule has 2 fully saturated rings. The fraction of sp³-hybridized carbons (Fsp3) is 0.650. The van der Waals surface area contributed by atoms with Gasteiger partial charge in [0.15, 0.2) is 5.96 Å². The van der Waals surface area contributed by atoms with Gasteiger partial charge in [-0.1, -0.05) is 13.8 Å². The van der Waals surface area contributed by atoms with Crippen LogP contribution in [0.3, 0.4) is 0 Å². The summed E-state index contributed by atoms with van der Waals surface area (Å²) in [6.45, 7) is 9.35. The summed E-state index contributed by atoms with van der Waals surface area (Å²) in [5, 5.41) is 3.66. The summed E-state index contributed by atoms with van der Waals surface area (Å²) in [6, 6.07) is 6.48. The van der Waals surface area contributed by atoms with Crippen LogP contribution in [0.2, 0.25) is 0 Å². The van der Waals surface area contributed by atoms with E-state index in [1.165, 1.54) is 12.1 Å². The highest BCUT2D eigenvalue weighted by molar-refractivity contribution is 14.0. The Balaban J connectivity index is 0.00000261. The molecular weight excluding hydrogens is 460 g/mol. The average Bonchev–Trinajstić information content (AvgIpc) is 3.07. The van der Waals surface area contributed by atoms with E-state index >= 15 is 0 Å². The fourth-order valence-corrected chi connectivity index (χ4v) is 4.12. The Hall–Kier alpha value is -1.09. The van der Waals surface area contributed by atoms with E-state index in [0.29, 0.717) is 37.0 Å². The molecule has 1 aliphatic carbocycles. The maximum atomic E-state index is 12.9. The second-order valence-corrected chi connectivity index (χ2v) is 7.71. The van der Waals surface area contributed by atoms with Gasteiger partial charge in [0.2, 0.25) is 0 Å². The zero-order valence-electron chi connectivity index (χ0n) is 16.6. The predicted octanol–water partition coefficient (Wildman–Crippen LogP) is 3.53. The van der Waals surface area contributed by atoms with Gasteiger partial charge in [-0.2, -0.15) is 0 Å². The number of rotatable bonds is 6. The topological polar surface area (TPSA) is 46.1 Å². The first-order chi connectivity index (χ1) is 12.4. The van der Waals surface area contributed by atoms with E-state index < -0.39 is 0 Å². The average molecular weight is 491 g/mol. The molecule has 3 atom stereocenters. The van der Waals surface area contributed by atoms with Crippen molar-refractivity contribution in [1.29, 1.82) is 0 Å². The van der Waals surface area contributed by atoms with Gasteiger partial charge < -0.3 is 19.7 Å². The van der Waals surface area contributed by atoms with E-state index in [4.69, 9.17) is 9.47 Å². The van der Waals surface area contributed by atoms with Gasteiger partial charge in [-0.05, 0) is 37.6 Å². The fourth-order valence-electron chi connectivity index (χ4n) is 4.12. The molecule has 3 unspecified atom stereocenters. The van der Waals surface area contributed by atoms with Crippen LogP contribution in [0.5, 0.6) is 5.75 Å². The molecule has 27 heavy (non-hydrogen) atoms. The zero-order chi connectivity index (χ0) is 18.7.